The van der Waals surface area contributed by atoms with Crippen LogP contribution in [0.1, 0.15) is 62.8 Å². The molecule has 1 unspecified atom stereocenters. The lowest BCUT2D eigenvalue weighted by Crippen LogP contribution is -2.28. The Balaban J connectivity index is 1.76. The van der Waals surface area contributed by atoms with E-state index in [1.54, 1.807) is 0 Å². The number of halogens is 1. The molecule has 0 amide bonds. The van der Waals surface area contributed by atoms with Crippen molar-refractivity contribution < 1.29 is 0 Å². The van der Waals surface area contributed by atoms with E-state index in [0.29, 0.717) is 5.92 Å². The van der Waals surface area contributed by atoms with Gasteiger partial charge in [0, 0.05) is 23.5 Å². The molecule has 3 rings (SSSR count). The van der Waals surface area contributed by atoms with Crippen molar-refractivity contribution in [2.75, 3.05) is 6.54 Å². The van der Waals surface area contributed by atoms with Gasteiger partial charge in [-0.2, -0.15) is 0 Å². The van der Waals surface area contributed by atoms with E-state index in [0.717, 1.165) is 23.5 Å². The fourth-order valence-electron chi connectivity index (χ4n) is 3.60. The molecule has 2 aliphatic rings. The summed E-state index contributed by atoms with van der Waals surface area (Å²) in [5.74, 6) is 1.41. The second-order valence-electron chi connectivity index (χ2n) is 6.56. The molecular formula is C18H26ClN. The van der Waals surface area contributed by atoms with E-state index in [2.05, 4.69) is 23.5 Å². The summed E-state index contributed by atoms with van der Waals surface area (Å²) in [5.41, 5.74) is 1.37. The maximum Gasteiger partial charge on any atom is 0.0441 e. The normalized spacial score (nSPS) is 22.4. The monoisotopic (exact) mass is 291 g/mol. The van der Waals surface area contributed by atoms with E-state index in [-0.39, 0.29) is 0 Å². The van der Waals surface area contributed by atoms with Crippen LogP contribution in [-0.2, 0) is 0 Å². The minimum atomic E-state index is 0.599. The van der Waals surface area contributed by atoms with Crippen LogP contribution in [0.25, 0.3) is 0 Å². The number of hydrogen-bond donors (Lipinski definition) is 1. The minimum Gasteiger partial charge on any atom is -0.313 e. The molecule has 0 aliphatic heterocycles. The van der Waals surface area contributed by atoms with Crippen molar-refractivity contribution in [2.45, 2.75) is 63.3 Å². The van der Waals surface area contributed by atoms with Crippen molar-refractivity contribution in [3.63, 3.8) is 0 Å². The lowest BCUT2D eigenvalue weighted by molar-refractivity contribution is 0.360. The van der Waals surface area contributed by atoms with E-state index >= 15 is 0 Å². The van der Waals surface area contributed by atoms with Gasteiger partial charge in [-0.25, -0.2) is 0 Å². The van der Waals surface area contributed by atoms with Crippen LogP contribution >= 0.6 is 11.6 Å². The van der Waals surface area contributed by atoms with Gasteiger partial charge in [-0.1, -0.05) is 55.5 Å². The second kappa shape index (κ2) is 6.95. The minimum absolute atomic E-state index is 0.599. The molecule has 0 heterocycles. The van der Waals surface area contributed by atoms with Gasteiger partial charge in [0.05, 0.1) is 0 Å². The third-order valence-corrected chi connectivity index (χ3v) is 5.32. The number of benzene rings is 1. The standard InChI is InChI=1S/C18H26ClN/c19-18-10-6-5-9-16(18)17(13-20-15-11-12-15)14-7-3-1-2-4-8-14/h5-6,9-10,14-15,17,20H,1-4,7-8,11-13H2. The van der Waals surface area contributed by atoms with Crippen LogP contribution in [0.4, 0.5) is 0 Å². The first-order chi connectivity index (χ1) is 9.84. The van der Waals surface area contributed by atoms with Gasteiger partial charge in [0.1, 0.15) is 0 Å². The topological polar surface area (TPSA) is 12.0 Å². The zero-order chi connectivity index (χ0) is 13.8. The highest BCUT2D eigenvalue weighted by atomic mass is 35.5. The molecule has 110 valence electrons. The van der Waals surface area contributed by atoms with Crippen LogP contribution in [0.3, 0.4) is 0 Å². The summed E-state index contributed by atoms with van der Waals surface area (Å²) >= 11 is 6.48. The molecule has 1 aromatic rings. The van der Waals surface area contributed by atoms with Crippen molar-refractivity contribution >= 4 is 11.6 Å². The van der Waals surface area contributed by atoms with Crippen molar-refractivity contribution in [3.8, 4) is 0 Å². The summed E-state index contributed by atoms with van der Waals surface area (Å²) < 4.78 is 0. The predicted molar refractivity (Wildman–Crippen MR) is 86.4 cm³/mol. The number of nitrogens with one attached hydrogen (secondary N) is 1. The summed E-state index contributed by atoms with van der Waals surface area (Å²) in [6.07, 6.45) is 11.1. The number of hydrogen-bond acceptors (Lipinski definition) is 1. The van der Waals surface area contributed by atoms with Crippen molar-refractivity contribution in [1.82, 2.24) is 5.32 Å². The molecule has 1 N–H and O–H groups in total. The Hall–Kier alpha value is -0.530. The molecule has 1 aromatic carbocycles. The van der Waals surface area contributed by atoms with Crippen molar-refractivity contribution in [2.24, 2.45) is 5.92 Å². The molecule has 0 aromatic heterocycles. The molecule has 0 saturated heterocycles. The average molecular weight is 292 g/mol. The molecular weight excluding hydrogens is 266 g/mol. The SMILES string of the molecule is Clc1ccccc1C(CNC1CC1)C1CCCCCC1. The van der Waals surface area contributed by atoms with Gasteiger partial charge in [0.15, 0.2) is 0 Å². The maximum absolute atomic E-state index is 6.48. The molecule has 0 radical (unpaired) electrons. The summed E-state index contributed by atoms with van der Waals surface area (Å²) in [6.45, 7) is 1.11. The zero-order valence-corrected chi connectivity index (χ0v) is 13.0. The lowest BCUT2D eigenvalue weighted by Gasteiger charge is -2.28. The molecule has 1 nitrogen and oxygen atoms in total. The maximum atomic E-state index is 6.48. The van der Waals surface area contributed by atoms with E-state index in [1.165, 1.54) is 56.9 Å². The van der Waals surface area contributed by atoms with Gasteiger partial charge in [0.2, 0.25) is 0 Å². The first-order valence-electron chi connectivity index (χ1n) is 8.32. The lowest BCUT2D eigenvalue weighted by atomic mass is 9.81. The van der Waals surface area contributed by atoms with Crippen LogP contribution in [0, 0.1) is 5.92 Å². The molecule has 20 heavy (non-hydrogen) atoms. The van der Waals surface area contributed by atoms with Gasteiger partial charge < -0.3 is 5.32 Å². The van der Waals surface area contributed by atoms with Crippen LogP contribution < -0.4 is 5.32 Å². The summed E-state index contributed by atoms with van der Waals surface area (Å²) in [5, 5.41) is 4.70. The van der Waals surface area contributed by atoms with E-state index < -0.39 is 0 Å². The van der Waals surface area contributed by atoms with Gasteiger partial charge in [0.25, 0.3) is 0 Å². The number of rotatable bonds is 5. The molecule has 2 fully saturated rings. The third kappa shape index (κ3) is 3.77. The zero-order valence-electron chi connectivity index (χ0n) is 12.3. The molecule has 2 aliphatic carbocycles. The van der Waals surface area contributed by atoms with Gasteiger partial charge in [-0.15, -0.1) is 0 Å². The quantitative estimate of drug-likeness (QED) is 0.740. The van der Waals surface area contributed by atoms with E-state index in [1.807, 2.05) is 6.07 Å². The largest absolute Gasteiger partial charge is 0.313 e. The molecule has 0 spiro atoms. The second-order valence-corrected chi connectivity index (χ2v) is 6.97. The van der Waals surface area contributed by atoms with Gasteiger partial charge in [-0.05, 0) is 43.2 Å². The molecule has 1 atom stereocenters. The Morgan fingerprint density at radius 1 is 1.00 bits per heavy atom. The Kier molecular flexibility index (Phi) is 5.01. The van der Waals surface area contributed by atoms with Gasteiger partial charge >= 0.3 is 0 Å². The highest BCUT2D eigenvalue weighted by molar-refractivity contribution is 6.31. The smallest absolute Gasteiger partial charge is 0.0441 e. The van der Waals surface area contributed by atoms with E-state index in [4.69, 9.17) is 11.6 Å². The fourth-order valence-corrected chi connectivity index (χ4v) is 3.88. The molecule has 0 bridgehead atoms. The highest BCUT2D eigenvalue weighted by Crippen LogP contribution is 2.38. The average Bonchev–Trinajstić information content (AvgIpc) is 3.28. The van der Waals surface area contributed by atoms with Crippen LogP contribution in [0.5, 0.6) is 0 Å². The third-order valence-electron chi connectivity index (χ3n) is 4.98. The summed E-state index contributed by atoms with van der Waals surface area (Å²) in [7, 11) is 0. The van der Waals surface area contributed by atoms with Crippen LogP contribution in [0.15, 0.2) is 24.3 Å². The summed E-state index contributed by atoms with van der Waals surface area (Å²) in [4.78, 5) is 0. The molecule has 2 saturated carbocycles. The Morgan fingerprint density at radius 3 is 2.35 bits per heavy atom. The van der Waals surface area contributed by atoms with E-state index in [9.17, 15) is 0 Å². The van der Waals surface area contributed by atoms with Crippen molar-refractivity contribution in [3.05, 3.63) is 34.9 Å². The fraction of sp³-hybridized carbons (Fsp3) is 0.667. The molecule has 2 heteroatoms. The first kappa shape index (κ1) is 14.4. The Morgan fingerprint density at radius 2 is 1.70 bits per heavy atom. The first-order valence-corrected chi connectivity index (χ1v) is 8.70. The van der Waals surface area contributed by atoms with Gasteiger partial charge in [-0.3, -0.25) is 0 Å². The highest BCUT2D eigenvalue weighted by Gasteiger charge is 2.28. The summed E-state index contributed by atoms with van der Waals surface area (Å²) in [6, 6.07) is 9.27. The Labute approximate surface area is 128 Å². The Bertz CT molecular complexity index is 419. The predicted octanol–water partition coefficient (Wildman–Crippen LogP) is 5.15. The van der Waals surface area contributed by atoms with Crippen LogP contribution in [-0.4, -0.2) is 12.6 Å². The van der Waals surface area contributed by atoms with Crippen molar-refractivity contribution in [1.29, 1.82) is 0 Å². The van der Waals surface area contributed by atoms with Crippen LogP contribution in [0.2, 0.25) is 5.02 Å².